The smallest absolute Gasteiger partial charge is 0.264 e. The van der Waals surface area contributed by atoms with Gasteiger partial charge in [-0.05, 0) is 61.0 Å². The Morgan fingerprint density at radius 2 is 1.75 bits per heavy atom. The van der Waals surface area contributed by atoms with Crippen molar-refractivity contribution in [3.8, 4) is 5.75 Å². The number of hydrogen-bond donors (Lipinski definition) is 2. The lowest BCUT2D eigenvalue weighted by molar-refractivity contribution is 0.0751. The number of carbonyl (C=O) groups excluding carboxylic acids is 2. The molecule has 2 N–H and O–H groups in total. The molecule has 0 radical (unpaired) electrons. The van der Waals surface area contributed by atoms with E-state index in [2.05, 4.69) is 10.2 Å². The zero-order valence-corrected chi connectivity index (χ0v) is 18.8. The van der Waals surface area contributed by atoms with Gasteiger partial charge >= 0.3 is 0 Å². The van der Waals surface area contributed by atoms with Crippen LogP contribution in [0.1, 0.15) is 25.6 Å². The maximum absolute atomic E-state index is 13.2. The third kappa shape index (κ3) is 4.71. The fourth-order valence-corrected chi connectivity index (χ4v) is 4.87. The first-order chi connectivity index (χ1) is 15.3. The van der Waals surface area contributed by atoms with Crippen LogP contribution in [0.2, 0.25) is 5.02 Å². The average molecular weight is 474 g/mol. The van der Waals surface area contributed by atoms with Gasteiger partial charge in [-0.2, -0.15) is 0 Å². The molecule has 2 aromatic carbocycles. The lowest BCUT2D eigenvalue weighted by Gasteiger charge is -2.36. The fourth-order valence-electron chi connectivity index (χ4n) is 3.58. The molecule has 2 heterocycles. The van der Waals surface area contributed by atoms with Gasteiger partial charge in [0.1, 0.15) is 11.6 Å². The molecule has 166 valence electrons. The molecule has 32 heavy (non-hydrogen) atoms. The highest BCUT2D eigenvalue weighted by atomic mass is 35.5. The number of nitrogens with zero attached hydrogens (tertiary/aromatic N) is 2. The van der Waals surface area contributed by atoms with Gasteiger partial charge < -0.3 is 20.2 Å². The summed E-state index contributed by atoms with van der Waals surface area (Å²) in [6.45, 7) is 4.35. The Labute approximate surface area is 193 Å². The summed E-state index contributed by atoms with van der Waals surface area (Å²) in [6, 6.07) is 12.4. The van der Waals surface area contributed by atoms with Crippen molar-refractivity contribution in [3.63, 3.8) is 0 Å². The Morgan fingerprint density at radius 3 is 2.41 bits per heavy atom. The predicted molar refractivity (Wildman–Crippen MR) is 125 cm³/mol. The summed E-state index contributed by atoms with van der Waals surface area (Å²) >= 11 is 7.18. The van der Waals surface area contributed by atoms with Crippen LogP contribution in [0.5, 0.6) is 5.75 Å². The van der Waals surface area contributed by atoms with Crippen LogP contribution in [0.25, 0.3) is 0 Å². The molecule has 1 saturated heterocycles. The van der Waals surface area contributed by atoms with Crippen LogP contribution < -0.4 is 10.2 Å². The van der Waals surface area contributed by atoms with Crippen LogP contribution in [-0.4, -0.2) is 48.0 Å². The molecule has 4 rings (SSSR count). The Balaban J connectivity index is 1.41. The van der Waals surface area contributed by atoms with E-state index in [0.29, 0.717) is 36.1 Å². The lowest BCUT2D eigenvalue weighted by Crippen LogP contribution is -2.48. The number of anilines is 2. The Kier molecular flexibility index (Phi) is 6.34. The van der Waals surface area contributed by atoms with Crippen LogP contribution in [0.3, 0.4) is 0 Å². The van der Waals surface area contributed by atoms with Crippen LogP contribution >= 0.6 is 22.9 Å². The molecule has 1 fully saturated rings. The number of thiophene rings is 1. The number of phenols is 1. The molecule has 0 bridgehead atoms. The molecular formula is C23H21ClFN3O3S. The van der Waals surface area contributed by atoms with Gasteiger partial charge in [-0.1, -0.05) is 11.6 Å². The number of halogens is 2. The minimum absolute atomic E-state index is 0.0265. The molecule has 1 aliphatic heterocycles. The highest BCUT2D eigenvalue weighted by molar-refractivity contribution is 7.18. The van der Waals surface area contributed by atoms with Crippen molar-refractivity contribution >= 4 is 45.4 Å². The number of piperazine rings is 1. The van der Waals surface area contributed by atoms with Crippen LogP contribution in [0, 0.1) is 12.7 Å². The number of aromatic hydroxyl groups is 1. The second-order valence-corrected chi connectivity index (χ2v) is 8.96. The average Bonchev–Trinajstić information content (AvgIpc) is 3.13. The van der Waals surface area contributed by atoms with Gasteiger partial charge in [-0.3, -0.25) is 9.59 Å². The maximum atomic E-state index is 13.2. The minimum Gasteiger partial charge on any atom is -0.508 e. The quantitative estimate of drug-likeness (QED) is 0.572. The number of nitrogens with one attached hydrogen (secondary N) is 1. The van der Waals surface area contributed by atoms with Gasteiger partial charge in [-0.25, -0.2) is 4.39 Å². The Bertz CT molecular complexity index is 1160. The van der Waals surface area contributed by atoms with Crippen molar-refractivity contribution in [2.24, 2.45) is 0 Å². The molecule has 0 saturated carbocycles. The normalized spacial score (nSPS) is 13.8. The first-order valence-corrected chi connectivity index (χ1v) is 11.2. The Morgan fingerprint density at radius 1 is 1.06 bits per heavy atom. The van der Waals surface area contributed by atoms with E-state index >= 15 is 0 Å². The molecule has 6 nitrogen and oxygen atoms in total. The summed E-state index contributed by atoms with van der Waals surface area (Å²) < 4.78 is 13.2. The molecule has 0 aliphatic carbocycles. The van der Waals surface area contributed by atoms with E-state index in [1.165, 1.54) is 23.5 Å². The van der Waals surface area contributed by atoms with E-state index in [9.17, 15) is 19.1 Å². The lowest BCUT2D eigenvalue weighted by atomic mass is 10.2. The van der Waals surface area contributed by atoms with Crippen LogP contribution in [0.4, 0.5) is 15.1 Å². The summed E-state index contributed by atoms with van der Waals surface area (Å²) in [7, 11) is 0. The maximum Gasteiger partial charge on any atom is 0.264 e. The Hall–Kier alpha value is -3.10. The number of aryl methyl sites for hydroxylation is 1. The largest absolute Gasteiger partial charge is 0.508 e. The molecule has 9 heteroatoms. The van der Waals surface area contributed by atoms with Gasteiger partial charge in [0.25, 0.3) is 11.8 Å². The van der Waals surface area contributed by atoms with E-state index in [1.807, 2.05) is 19.1 Å². The van der Waals surface area contributed by atoms with Crippen molar-refractivity contribution < 1.29 is 19.1 Å². The zero-order valence-electron chi connectivity index (χ0n) is 17.3. The SMILES string of the molecule is Cc1cc(NC(=O)c2ccc(F)cc2Cl)sc1C(=O)N1CCN(c2ccc(O)cc2)CC1. The molecule has 3 aromatic rings. The minimum atomic E-state index is -0.517. The highest BCUT2D eigenvalue weighted by Crippen LogP contribution is 2.30. The predicted octanol–water partition coefficient (Wildman–Crippen LogP) is 4.77. The number of rotatable bonds is 4. The number of benzene rings is 2. The van der Waals surface area contributed by atoms with Gasteiger partial charge in [-0.15, -0.1) is 11.3 Å². The third-order valence-electron chi connectivity index (χ3n) is 5.31. The van der Waals surface area contributed by atoms with E-state index < -0.39 is 11.7 Å². The fraction of sp³-hybridized carbons (Fsp3) is 0.217. The number of hydrogen-bond acceptors (Lipinski definition) is 5. The van der Waals surface area contributed by atoms with E-state index in [-0.39, 0.29) is 22.2 Å². The molecule has 1 aliphatic rings. The van der Waals surface area contributed by atoms with Crippen molar-refractivity contribution in [3.05, 3.63) is 75.4 Å². The van der Waals surface area contributed by atoms with E-state index in [1.54, 1.807) is 23.1 Å². The van der Waals surface area contributed by atoms with Gasteiger partial charge in [0.15, 0.2) is 0 Å². The third-order valence-corrected chi connectivity index (χ3v) is 6.76. The van der Waals surface area contributed by atoms with Crippen LogP contribution in [-0.2, 0) is 0 Å². The van der Waals surface area contributed by atoms with Gasteiger partial charge in [0.05, 0.1) is 20.5 Å². The topological polar surface area (TPSA) is 72.9 Å². The van der Waals surface area contributed by atoms with Crippen molar-refractivity contribution in [1.82, 2.24) is 4.90 Å². The number of phenolic OH excluding ortho intramolecular Hbond substituents is 1. The number of carbonyl (C=O) groups is 2. The van der Waals surface area contributed by atoms with Crippen LogP contribution in [0.15, 0.2) is 48.5 Å². The molecule has 0 atom stereocenters. The monoisotopic (exact) mass is 473 g/mol. The highest BCUT2D eigenvalue weighted by Gasteiger charge is 2.25. The summed E-state index contributed by atoms with van der Waals surface area (Å²) in [6.07, 6.45) is 0. The molecule has 2 amide bonds. The standard InChI is InChI=1S/C23H21ClFN3O3S/c1-14-12-20(26-22(30)18-7-2-15(25)13-19(18)24)32-21(14)23(31)28-10-8-27(9-11-28)16-3-5-17(29)6-4-16/h2-7,12-13,29H,8-11H2,1H3,(H,26,30). The summed E-state index contributed by atoms with van der Waals surface area (Å²) in [5, 5.41) is 12.7. The first kappa shape index (κ1) is 22.1. The summed E-state index contributed by atoms with van der Waals surface area (Å²) in [5.74, 6) is -0.826. The first-order valence-electron chi connectivity index (χ1n) is 10.0. The molecule has 1 aromatic heterocycles. The zero-order chi connectivity index (χ0) is 22.8. The second-order valence-electron chi connectivity index (χ2n) is 7.50. The van der Waals surface area contributed by atoms with Gasteiger partial charge in [0.2, 0.25) is 0 Å². The van der Waals surface area contributed by atoms with Crippen molar-refractivity contribution in [1.29, 1.82) is 0 Å². The summed E-state index contributed by atoms with van der Waals surface area (Å²) in [5.41, 5.74) is 1.95. The van der Waals surface area contributed by atoms with E-state index in [0.717, 1.165) is 17.3 Å². The van der Waals surface area contributed by atoms with Crippen molar-refractivity contribution in [2.75, 3.05) is 36.4 Å². The number of amides is 2. The molecule has 0 spiro atoms. The van der Waals surface area contributed by atoms with Gasteiger partial charge in [0, 0.05) is 31.9 Å². The summed E-state index contributed by atoms with van der Waals surface area (Å²) in [4.78, 5) is 30.1. The molecular weight excluding hydrogens is 453 g/mol. The van der Waals surface area contributed by atoms with E-state index in [4.69, 9.17) is 11.6 Å². The molecule has 0 unspecified atom stereocenters. The van der Waals surface area contributed by atoms with Crippen molar-refractivity contribution in [2.45, 2.75) is 6.92 Å². The second kappa shape index (κ2) is 9.18.